The third-order valence-electron chi connectivity index (χ3n) is 3.04. The predicted molar refractivity (Wildman–Crippen MR) is 75.9 cm³/mol. The molecule has 5 nitrogen and oxygen atoms in total. The second-order valence-corrected chi connectivity index (χ2v) is 4.95. The topological polar surface area (TPSA) is 55.1 Å². The van der Waals surface area contributed by atoms with E-state index < -0.39 is 0 Å². The van der Waals surface area contributed by atoms with Gasteiger partial charge in [-0.15, -0.1) is 0 Å². The number of para-hydroxylation sites is 2. The van der Waals surface area contributed by atoms with Crippen molar-refractivity contribution in [3.8, 4) is 0 Å². The van der Waals surface area contributed by atoms with Crippen molar-refractivity contribution in [2.75, 3.05) is 7.05 Å². The van der Waals surface area contributed by atoms with Crippen molar-refractivity contribution in [1.82, 2.24) is 20.0 Å². The Balaban J connectivity index is 1.72. The molecule has 0 atom stereocenters. The molecule has 0 spiro atoms. The first-order chi connectivity index (χ1) is 9.70. The van der Waals surface area contributed by atoms with Gasteiger partial charge < -0.3 is 4.52 Å². The fourth-order valence-electron chi connectivity index (χ4n) is 2.17. The van der Waals surface area contributed by atoms with Crippen molar-refractivity contribution in [1.29, 1.82) is 0 Å². The molecule has 0 aliphatic carbocycles. The number of aromatic nitrogens is 3. The highest BCUT2D eigenvalue weighted by atomic mass is 16.5. The van der Waals surface area contributed by atoms with Crippen LogP contribution in [0.5, 0.6) is 0 Å². The molecular weight excluding hydrogens is 252 g/mol. The van der Waals surface area contributed by atoms with E-state index in [-0.39, 0.29) is 0 Å². The lowest BCUT2D eigenvalue weighted by atomic mass is 10.3. The van der Waals surface area contributed by atoms with Gasteiger partial charge in [0.1, 0.15) is 5.76 Å². The first kappa shape index (κ1) is 12.7. The lowest BCUT2D eigenvalue weighted by molar-refractivity contribution is 0.299. The van der Waals surface area contributed by atoms with Gasteiger partial charge in [0.25, 0.3) is 0 Å². The van der Waals surface area contributed by atoms with Gasteiger partial charge in [-0.2, -0.15) is 0 Å². The van der Waals surface area contributed by atoms with Gasteiger partial charge in [-0.25, -0.2) is 4.98 Å². The summed E-state index contributed by atoms with van der Waals surface area (Å²) in [5, 5.41) is 3.99. The van der Waals surface area contributed by atoms with E-state index in [1.807, 2.05) is 50.5 Å². The summed E-state index contributed by atoms with van der Waals surface area (Å²) < 4.78 is 5.07. The fraction of sp³-hybridized carbons (Fsp3) is 0.267. The lowest BCUT2D eigenvalue weighted by Crippen LogP contribution is -2.18. The molecule has 5 heteroatoms. The summed E-state index contributed by atoms with van der Waals surface area (Å²) >= 11 is 0. The molecule has 0 saturated carbocycles. The van der Waals surface area contributed by atoms with Crippen molar-refractivity contribution < 1.29 is 4.52 Å². The SMILES string of the molecule is Cc1cc(CN(C)Cc2cnc3ccccc3n2)no1. The maximum Gasteiger partial charge on any atom is 0.133 e. The Morgan fingerprint density at radius 2 is 1.85 bits per heavy atom. The van der Waals surface area contributed by atoms with E-state index in [2.05, 4.69) is 20.0 Å². The van der Waals surface area contributed by atoms with Gasteiger partial charge in [-0.05, 0) is 26.1 Å². The summed E-state index contributed by atoms with van der Waals surface area (Å²) in [6.07, 6.45) is 1.83. The smallest absolute Gasteiger partial charge is 0.133 e. The van der Waals surface area contributed by atoms with Gasteiger partial charge in [-0.3, -0.25) is 9.88 Å². The van der Waals surface area contributed by atoms with E-state index in [0.717, 1.165) is 41.3 Å². The van der Waals surface area contributed by atoms with Gasteiger partial charge in [0.15, 0.2) is 0 Å². The highest BCUT2D eigenvalue weighted by Crippen LogP contribution is 2.11. The molecule has 0 unspecified atom stereocenters. The number of aryl methyl sites for hydroxylation is 1. The second kappa shape index (κ2) is 5.38. The molecule has 0 fully saturated rings. The minimum absolute atomic E-state index is 0.726. The molecule has 0 N–H and O–H groups in total. The van der Waals surface area contributed by atoms with Crippen LogP contribution in [0.15, 0.2) is 41.1 Å². The summed E-state index contributed by atoms with van der Waals surface area (Å²) in [6.45, 7) is 3.35. The van der Waals surface area contributed by atoms with Gasteiger partial charge >= 0.3 is 0 Å². The van der Waals surface area contributed by atoms with Gasteiger partial charge in [0, 0.05) is 19.2 Å². The molecular formula is C15H16N4O. The van der Waals surface area contributed by atoms with Crippen molar-refractivity contribution in [3.05, 3.63) is 53.7 Å². The number of hydrogen-bond donors (Lipinski definition) is 0. The number of hydrogen-bond acceptors (Lipinski definition) is 5. The lowest BCUT2D eigenvalue weighted by Gasteiger charge is -2.14. The number of fused-ring (bicyclic) bond motifs is 1. The summed E-state index contributed by atoms with van der Waals surface area (Å²) in [5.41, 5.74) is 3.73. The highest BCUT2D eigenvalue weighted by molar-refractivity contribution is 5.73. The molecule has 0 saturated heterocycles. The number of nitrogens with zero attached hydrogens (tertiary/aromatic N) is 4. The Morgan fingerprint density at radius 1 is 1.10 bits per heavy atom. The summed E-state index contributed by atoms with van der Waals surface area (Å²) in [5.74, 6) is 0.832. The minimum Gasteiger partial charge on any atom is -0.361 e. The van der Waals surface area contributed by atoms with Crippen LogP contribution in [0.3, 0.4) is 0 Å². The molecule has 2 heterocycles. The summed E-state index contributed by atoms with van der Waals surface area (Å²) in [6, 6.07) is 9.84. The van der Waals surface area contributed by atoms with Crippen LogP contribution in [-0.2, 0) is 13.1 Å². The van der Waals surface area contributed by atoms with Gasteiger partial charge in [-0.1, -0.05) is 17.3 Å². The Kier molecular flexibility index (Phi) is 3.43. The average molecular weight is 268 g/mol. The van der Waals surface area contributed by atoms with Crippen LogP contribution in [0.1, 0.15) is 17.1 Å². The standard InChI is InChI=1S/C15H16N4O/c1-11-7-12(18-20-11)9-19(2)10-13-8-16-14-5-3-4-6-15(14)17-13/h3-8H,9-10H2,1-2H3. The summed E-state index contributed by atoms with van der Waals surface area (Å²) in [7, 11) is 2.03. The molecule has 3 aromatic rings. The normalized spacial score (nSPS) is 11.3. The van der Waals surface area contributed by atoms with Crippen molar-refractivity contribution >= 4 is 11.0 Å². The van der Waals surface area contributed by atoms with Gasteiger partial charge in [0.05, 0.1) is 28.6 Å². The molecule has 3 rings (SSSR count). The van der Waals surface area contributed by atoms with E-state index >= 15 is 0 Å². The number of rotatable bonds is 4. The van der Waals surface area contributed by atoms with E-state index in [9.17, 15) is 0 Å². The first-order valence-electron chi connectivity index (χ1n) is 6.52. The van der Waals surface area contributed by atoms with Crippen molar-refractivity contribution in [3.63, 3.8) is 0 Å². The van der Waals surface area contributed by atoms with E-state index in [1.54, 1.807) is 0 Å². The van der Waals surface area contributed by atoms with E-state index in [4.69, 9.17) is 4.52 Å². The zero-order valence-corrected chi connectivity index (χ0v) is 11.6. The van der Waals surface area contributed by atoms with Crippen LogP contribution < -0.4 is 0 Å². The maximum atomic E-state index is 5.07. The van der Waals surface area contributed by atoms with Crippen LogP contribution in [0.2, 0.25) is 0 Å². The second-order valence-electron chi connectivity index (χ2n) is 4.95. The minimum atomic E-state index is 0.726. The van der Waals surface area contributed by atoms with Crippen LogP contribution >= 0.6 is 0 Å². The zero-order valence-electron chi connectivity index (χ0n) is 11.6. The molecule has 0 aliphatic heterocycles. The van der Waals surface area contributed by atoms with Crippen LogP contribution in [0, 0.1) is 6.92 Å². The molecule has 20 heavy (non-hydrogen) atoms. The van der Waals surface area contributed by atoms with Crippen molar-refractivity contribution in [2.24, 2.45) is 0 Å². The summed E-state index contributed by atoms with van der Waals surface area (Å²) in [4.78, 5) is 11.2. The molecule has 2 aromatic heterocycles. The third-order valence-corrected chi connectivity index (χ3v) is 3.04. The Labute approximate surface area is 117 Å². The average Bonchev–Trinajstić information content (AvgIpc) is 2.83. The largest absolute Gasteiger partial charge is 0.361 e. The van der Waals surface area contributed by atoms with Crippen LogP contribution in [0.4, 0.5) is 0 Å². The number of benzene rings is 1. The van der Waals surface area contributed by atoms with Crippen molar-refractivity contribution in [2.45, 2.75) is 20.0 Å². The van der Waals surface area contributed by atoms with E-state index in [1.165, 1.54) is 0 Å². The van der Waals surface area contributed by atoms with Crippen LogP contribution in [0.25, 0.3) is 11.0 Å². The molecule has 102 valence electrons. The molecule has 0 aliphatic rings. The zero-order chi connectivity index (χ0) is 13.9. The molecule has 0 bridgehead atoms. The molecule has 0 amide bonds. The Bertz CT molecular complexity index is 722. The first-order valence-corrected chi connectivity index (χ1v) is 6.52. The monoisotopic (exact) mass is 268 g/mol. The van der Waals surface area contributed by atoms with E-state index in [0.29, 0.717) is 0 Å². The van der Waals surface area contributed by atoms with Gasteiger partial charge in [0.2, 0.25) is 0 Å². The quantitative estimate of drug-likeness (QED) is 0.728. The fourth-order valence-corrected chi connectivity index (χ4v) is 2.17. The van der Waals surface area contributed by atoms with Crippen LogP contribution in [-0.4, -0.2) is 27.1 Å². The third kappa shape index (κ3) is 2.83. The molecule has 1 aromatic carbocycles. The molecule has 0 radical (unpaired) electrons. The predicted octanol–water partition coefficient (Wildman–Crippen LogP) is 2.56. The Hall–Kier alpha value is -2.27. The maximum absolute atomic E-state index is 5.07. The highest BCUT2D eigenvalue weighted by Gasteiger charge is 2.07. The Morgan fingerprint density at radius 3 is 2.60 bits per heavy atom.